The van der Waals surface area contributed by atoms with Gasteiger partial charge >= 0.3 is 134 Å². The largest absolute Gasteiger partial charge is 0.269 e. The van der Waals surface area contributed by atoms with E-state index in [1.54, 1.807) is 16.7 Å². The van der Waals surface area contributed by atoms with E-state index < -0.39 is 19.1 Å². The van der Waals surface area contributed by atoms with Crippen LogP contribution >= 0.6 is 9.81 Å². The fourth-order valence-electron chi connectivity index (χ4n) is 4.39. The molecule has 0 amide bonds. The molecule has 0 N–H and O–H groups in total. The second-order valence-electron chi connectivity index (χ2n) is 6.57. The van der Waals surface area contributed by atoms with Gasteiger partial charge < -0.3 is 0 Å². The van der Waals surface area contributed by atoms with E-state index >= 15 is 0 Å². The molecule has 0 aromatic heterocycles. The van der Waals surface area contributed by atoms with Crippen LogP contribution in [0.1, 0.15) is 35.0 Å². The summed E-state index contributed by atoms with van der Waals surface area (Å²) >= 11 is -2.19. The first-order valence-corrected chi connectivity index (χ1v) is 21.2. The van der Waals surface area contributed by atoms with Crippen LogP contribution in [0.25, 0.3) is 6.08 Å². The molecule has 1 heterocycles. The van der Waals surface area contributed by atoms with E-state index in [1.807, 2.05) is 3.28 Å². The Kier molecular flexibility index (Phi) is 5.68. The second-order valence-corrected chi connectivity index (χ2v) is 44.7. The third-order valence-corrected chi connectivity index (χ3v) is 66.0. The van der Waals surface area contributed by atoms with E-state index in [0.29, 0.717) is 9.81 Å². The molecule has 1 aromatic carbocycles. The van der Waals surface area contributed by atoms with Crippen molar-refractivity contribution in [2.75, 3.05) is 13.3 Å². The predicted molar refractivity (Wildman–Crippen MR) is 100.0 cm³/mol. The Morgan fingerprint density at radius 2 is 1.70 bits per heavy atom. The fraction of sp³-hybridized carbons (Fsp3) is 0.333. The van der Waals surface area contributed by atoms with Crippen molar-refractivity contribution in [1.29, 1.82) is 0 Å². The van der Waals surface area contributed by atoms with Crippen LogP contribution in [0, 0.1) is 0 Å². The molecule has 4 rings (SSSR count). The molecule has 1 fully saturated rings. The van der Waals surface area contributed by atoms with Gasteiger partial charge in [0.15, 0.2) is 0 Å². The summed E-state index contributed by atoms with van der Waals surface area (Å²) in [7, 11) is 0. The summed E-state index contributed by atoms with van der Waals surface area (Å²) in [5, 5.41) is 0. The predicted octanol–water partition coefficient (Wildman–Crippen LogP) is 6.82. The van der Waals surface area contributed by atoms with E-state index in [1.165, 1.54) is 12.0 Å². The zero-order valence-corrected chi connectivity index (χ0v) is 18.3. The van der Waals surface area contributed by atoms with Gasteiger partial charge in [0.05, 0.1) is 0 Å². The number of hydrogen-bond donors (Lipinski definition) is 0. The first-order valence-electron chi connectivity index (χ1n) is 7.69. The average molecular weight is 432 g/mol. The van der Waals surface area contributed by atoms with Crippen molar-refractivity contribution in [1.82, 2.24) is 0 Å². The molecule has 3 aliphatic rings. The molecule has 0 saturated carbocycles. The molecular weight excluding hydrogens is 407 g/mol. The molecule has 1 saturated heterocycles. The van der Waals surface area contributed by atoms with E-state index in [2.05, 4.69) is 69.7 Å². The average Bonchev–Trinajstić information content (AvgIpc) is 2.86. The van der Waals surface area contributed by atoms with Crippen molar-refractivity contribution in [3.63, 3.8) is 0 Å². The van der Waals surface area contributed by atoms with Crippen LogP contribution in [0.15, 0.2) is 50.8 Å². The SMILES string of the molecule is CC1=CC(C)=[C]([Zr]2([CH]3C=Cc4ccccc43)[P](C)[P]2C)C1.F.F. The molecule has 5 heteroatoms. The first-order chi connectivity index (χ1) is 10.1. The zero-order chi connectivity index (χ0) is 14.8. The Hall–Kier alpha value is 0.0431. The monoisotopic (exact) mass is 430 g/mol. The summed E-state index contributed by atoms with van der Waals surface area (Å²) in [5.74, 6) is 0. The Morgan fingerprint density at radius 1 is 1.04 bits per heavy atom. The summed E-state index contributed by atoms with van der Waals surface area (Å²) in [4.78, 5) is 0.722. The first kappa shape index (κ1) is 19.4. The van der Waals surface area contributed by atoms with Crippen LogP contribution in [0.2, 0.25) is 0 Å². The standard InChI is InChI=1S/C9H7.C7H9.C2H6P2.2FH.Zr/c1-2-5-9-7-3-6-8(9)4-1;1-6-3-4-7(2)5-6;1-3-4-2;;;/h1-7H;5H,3H2,1-2H3;1-2H3;2*1H;/q;;-2;;;+2. The molecule has 0 radical (unpaired) electrons. The van der Waals surface area contributed by atoms with Crippen molar-refractivity contribution in [2.45, 2.75) is 23.9 Å². The van der Waals surface area contributed by atoms with Crippen molar-refractivity contribution in [3.05, 3.63) is 62.0 Å². The van der Waals surface area contributed by atoms with Gasteiger partial charge in [-0.2, -0.15) is 0 Å². The summed E-state index contributed by atoms with van der Waals surface area (Å²) in [6.45, 7) is 9.99. The van der Waals surface area contributed by atoms with Gasteiger partial charge in [0, 0.05) is 0 Å². The van der Waals surface area contributed by atoms with Gasteiger partial charge in [-0.25, -0.2) is 0 Å². The van der Waals surface area contributed by atoms with Crippen LogP contribution in [-0.2, 0) is 19.1 Å². The summed E-state index contributed by atoms with van der Waals surface area (Å²) in [6, 6.07) is 9.16. The number of rotatable bonds is 2. The van der Waals surface area contributed by atoms with E-state index in [9.17, 15) is 0 Å². The quantitative estimate of drug-likeness (QED) is 0.451. The Bertz CT molecular complexity index is 715. The normalized spacial score (nSPS) is 33.7. The summed E-state index contributed by atoms with van der Waals surface area (Å²) in [5.41, 5.74) is 6.42. The van der Waals surface area contributed by atoms with Crippen LogP contribution in [0.3, 0.4) is 0 Å². The maximum Gasteiger partial charge on any atom is -0.269 e. The van der Waals surface area contributed by atoms with Crippen molar-refractivity contribution < 1.29 is 28.5 Å². The molecule has 2 aliphatic carbocycles. The maximum atomic E-state index is 2.64. The van der Waals surface area contributed by atoms with Crippen molar-refractivity contribution in [3.8, 4) is 0 Å². The molecule has 0 nitrogen and oxygen atoms in total. The Labute approximate surface area is 143 Å². The number of halogens is 2. The number of benzene rings is 1. The molecule has 124 valence electrons. The third-order valence-electron chi connectivity index (χ3n) is 5.47. The molecular formula is C18H24F2P2Zr. The smallest absolute Gasteiger partial charge is 0.269 e. The molecule has 1 aliphatic heterocycles. The Balaban J connectivity index is 0.000000960. The fourth-order valence-corrected chi connectivity index (χ4v) is 86.1. The molecule has 0 spiro atoms. The number of hydrogen-bond acceptors (Lipinski definition) is 0. The molecule has 0 bridgehead atoms. The minimum atomic E-state index is -2.19. The molecule has 3 atom stereocenters. The van der Waals surface area contributed by atoms with Crippen molar-refractivity contribution in [2.24, 2.45) is 0 Å². The van der Waals surface area contributed by atoms with Crippen LogP contribution < -0.4 is 0 Å². The van der Waals surface area contributed by atoms with Crippen molar-refractivity contribution >= 4 is 15.9 Å². The summed E-state index contributed by atoms with van der Waals surface area (Å²) in [6.07, 6.45) is 8.80. The van der Waals surface area contributed by atoms with Gasteiger partial charge in [-0.05, 0) is 0 Å². The maximum absolute atomic E-state index is 2.64. The van der Waals surface area contributed by atoms with Crippen LogP contribution in [0.4, 0.5) is 9.41 Å². The van der Waals surface area contributed by atoms with E-state index in [-0.39, 0.29) is 9.41 Å². The van der Waals surface area contributed by atoms with Crippen LogP contribution in [-0.4, -0.2) is 13.3 Å². The summed E-state index contributed by atoms with van der Waals surface area (Å²) < 4.78 is 2.82. The third kappa shape index (κ3) is 2.63. The molecule has 23 heavy (non-hydrogen) atoms. The van der Waals surface area contributed by atoms with Gasteiger partial charge in [-0.1, -0.05) is 0 Å². The van der Waals surface area contributed by atoms with Gasteiger partial charge in [0.2, 0.25) is 0 Å². The van der Waals surface area contributed by atoms with Gasteiger partial charge in [0.1, 0.15) is 0 Å². The topological polar surface area (TPSA) is 0 Å². The zero-order valence-electron chi connectivity index (χ0n) is 14.0. The number of allylic oxidation sites excluding steroid dienone is 5. The molecule has 3 unspecified atom stereocenters. The van der Waals surface area contributed by atoms with Gasteiger partial charge in [0.25, 0.3) is 0 Å². The second kappa shape index (κ2) is 6.74. The number of fused-ring (bicyclic) bond motifs is 1. The van der Waals surface area contributed by atoms with Gasteiger partial charge in [-0.3, -0.25) is 9.41 Å². The van der Waals surface area contributed by atoms with Gasteiger partial charge in [-0.15, -0.1) is 0 Å². The van der Waals surface area contributed by atoms with Crippen LogP contribution in [0.5, 0.6) is 0 Å². The Morgan fingerprint density at radius 3 is 2.26 bits per heavy atom. The minimum Gasteiger partial charge on any atom is -0.269 e. The minimum absolute atomic E-state index is 0. The molecule has 1 aromatic rings. The van der Waals surface area contributed by atoms with E-state index in [0.717, 1.165) is 3.63 Å². The van der Waals surface area contributed by atoms with E-state index in [4.69, 9.17) is 0 Å².